The minimum absolute atomic E-state index is 0.0180. The molecule has 0 aliphatic carbocycles. The number of phenols is 1. The maximum Gasteiger partial charge on any atom is 0.411 e. The van der Waals surface area contributed by atoms with Gasteiger partial charge in [0.15, 0.2) is 17.1 Å². The van der Waals surface area contributed by atoms with E-state index in [1.54, 1.807) is 13.0 Å². The predicted molar refractivity (Wildman–Crippen MR) is 117 cm³/mol. The number of rotatable bonds is 3. The average Bonchev–Trinajstić information content (AvgIpc) is 3.33. The van der Waals surface area contributed by atoms with E-state index in [2.05, 4.69) is 9.97 Å². The van der Waals surface area contributed by atoms with Crippen molar-refractivity contribution in [1.82, 2.24) is 9.97 Å². The zero-order chi connectivity index (χ0) is 26.0. The second-order valence-corrected chi connectivity index (χ2v) is 8.42. The lowest BCUT2D eigenvalue weighted by Crippen LogP contribution is -2.54. The highest BCUT2D eigenvalue weighted by Crippen LogP contribution is 2.56. The van der Waals surface area contributed by atoms with Crippen LogP contribution in [-0.2, 0) is 5.41 Å². The maximum absolute atomic E-state index is 14.6. The Morgan fingerprint density at radius 2 is 1.25 bits per heavy atom. The first-order valence-corrected chi connectivity index (χ1v) is 10.5. The number of phenolic OH excluding ortho intramolecular Hbond substituents is 1. The highest BCUT2D eigenvalue weighted by Gasteiger charge is 2.72. The van der Waals surface area contributed by atoms with Crippen LogP contribution < -0.4 is 0 Å². The number of benzene rings is 3. The Labute approximate surface area is 199 Å². The van der Waals surface area contributed by atoms with Crippen LogP contribution in [0.1, 0.15) is 22.6 Å². The molecule has 0 fully saturated rings. The van der Waals surface area contributed by atoms with Crippen molar-refractivity contribution in [3.8, 4) is 17.2 Å². The van der Waals surface area contributed by atoms with E-state index in [4.69, 9.17) is 8.83 Å². The maximum atomic E-state index is 14.6. The van der Waals surface area contributed by atoms with Crippen molar-refractivity contribution in [2.45, 2.75) is 31.6 Å². The number of halogens is 6. The molecule has 0 saturated carbocycles. The lowest BCUT2D eigenvalue weighted by atomic mass is 9.72. The Morgan fingerprint density at radius 3 is 1.81 bits per heavy atom. The number of alkyl halides is 6. The van der Waals surface area contributed by atoms with Crippen molar-refractivity contribution in [2.75, 3.05) is 0 Å². The summed E-state index contributed by atoms with van der Waals surface area (Å²) in [5.41, 5.74) is -5.85. The van der Waals surface area contributed by atoms with E-state index in [1.807, 2.05) is 0 Å². The average molecular weight is 506 g/mol. The van der Waals surface area contributed by atoms with E-state index in [9.17, 15) is 31.4 Å². The summed E-state index contributed by atoms with van der Waals surface area (Å²) in [6.07, 6.45) is -11.6. The minimum atomic E-state index is -5.78. The molecule has 0 aliphatic rings. The summed E-state index contributed by atoms with van der Waals surface area (Å²) in [5.74, 6) is -0.0599. The molecular formula is C25H16F6N2O3. The van der Waals surface area contributed by atoms with Gasteiger partial charge in [0.05, 0.1) is 0 Å². The van der Waals surface area contributed by atoms with Crippen molar-refractivity contribution in [2.24, 2.45) is 0 Å². The van der Waals surface area contributed by atoms with Crippen LogP contribution in [0.2, 0.25) is 0 Å². The molecule has 186 valence electrons. The van der Waals surface area contributed by atoms with Crippen LogP contribution in [0.5, 0.6) is 5.75 Å². The molecule has 36 heavy (non-hydrogen) atoms. The molecule has 0 unspecified atom stereocenters. The molecule has 2 aromatic heterocycles. The standard InChI is InChI=1S/C25H16F6N2O3/c1-12-7-14(9-17(34)8-12)22-33-19-11-16(4-6-21(19)36-22)23(24(26,27)28,25(29,30)31)15-3-5-20-18(10-15)32-13(2)35-20/h3-11,34H,1-2H3. The Morgan fingerprint density at radius 1 is 0.694 bits per heavy atom. The Hall–Kier alpha value is -4.02. The lowest BCUT2D eigenvalue weighted by Gasteiger charge is -2.38. The van der Waals surface area contributed by atoms with Crippen LogP contribution in [0.15, 0.2) is 63.4 Å². The molecule has 1 N–H and O–H groups in total. The second-order valence-electron chi connectivity index (χ2n) is 8.42. The molecule has 5 rings (SSSR count). The number of hydrogen-bond acceptors (Lipinski definition) is 5. The van der Waals surface area contributed by atoms with Crippen molar-refractivity contribution in [1.29, 1.82) is 0 Å². The smallest absolute Gasteiger partial charge is 0.411 e. The summed E-state index contributed by atoms with van der Waals surface area (Å²) in [6, 6.07) is 9.37. The molecule has 5 nitrogen and oxygen atoms in total. The molecule has 0 radical (unpaired) electrons. The van der Waals surface area contributed by atoms with Crippen LogP contribution in [0.3, 0.4) is 0 Å². The van der Waals surface area contributed by atoms with E-state index < -0.39 is 28.9 Å². The lowest BCUT2D eigenvalue weighted by molar-refractivity contribution is -0.288. The molecule has 5 aromatic rings. The van der Waals surface area contributed by atoms with E-state index in [-0.39, 0.29) is 39.7 Å². The highest BCUT2D eigenvalue weighted by molar-refractivity contribution is 5.79. The van der Waals surface area contributed by atoms with Gasteiger partial charge in [-0.25, -0.2) is 9.97 Å². The van der Waals surface area contributed by atoms with Gasteiger partial charge in [-0.15, -0.1) is 0 Å². The van der Waals surface area contributed by atoms with Gasteiger partial charge in [-0.2, -0.15) is 26.3 Å². The van der Waals surface area contributed by atoms with Crippen molar-refractivity contribution >= 4 is 22.2 Å². The van der Waals surface area contributed by atoms with Gasteiger partial charge in [-0.05, 0) is 66.1 Å². The third kappa shape index (κ3) is 3.57. The SMILES string of the molecule is Cc1cc(O)cc(-c2nc3cc(C(c4ccc5oc(C)nc5c4)(C(F)(F)F)C(F)(F)F)ccc3o2)c1. The molecule has 0 amide bonds. The molecule has 3 aromatic carbocycles. The van der Waals surface area contributed by atoms with Crippen LogP contribution in [0.4, 0.5) is 26.3 Å². The molecular weight excluding hydrogens is 490 g/mol. The quantitative estimate of drug-likeness (QED) is 0.259. The summed E-state index contributed by atoms with van der Waals surface area (Å²) >= 11 is 0. The number of oxazole rings is 2. The van der Waals surface area contributed by atoms with Crippen molar-refractivity contribution < 1.29 is 40.3 Å². The number of nitrogens with zero attached hydrogens (tertiary/aromatic N) is 2. The number of aromatic nitrogens is 2. The molecule has 2 heterocycles. The van der Waals surface area contributed by atoms with Crippen LogP contribution in [0.25, 0.3) is 33.7 Å². The Balaban J connectivity index is 1.76. The van der Waals surface area contributed by atoms with Gasteiger partial charge in [0.25, 0.3) is 0 Å². The Kier molecular flexibility index (Phi) is 5.10. The van der Waals surface area contributed by atoms with Crippen LogP contribution >= 0.6 is 0 Å². The zero-order valence-corrected chi connectivity index (χ0v) is 18.6. The first-order valence-electron chi connectivity index (χ1n) is 10.5. The van der Waals surface area contributed by atoms with Gasteiger partial charge in [0.2, 0.25) is 11.3 Å². The summed E-state index contributed by atoms with van der Waals surface area (Å²) in [5, 5.41) is 9.83. The molecule has 11 heteroatoms. The molecule has 0 bridgehead atoms. The predicted octanol–water partition coefficient (Wildman–Crippen LogP) is 7.37. The van der Waals surface area contributed by atoms with E-state index in [0.717, 1.165) is 36.4 Å². The molecule has 0 spiro atoms. The normalized spacial score (nSPS) is 13.1. The monoisotopic (exact) mass is 506 g/mol. The van der Waals surface area contributed by atoms with Gasteiger partial charge < -0.3 is 13.9 Å². The first-order chi connectivity index (χ1) is 16.8. The van der Waals surface area contributed by atoms with Crippen molar-refractivity contribution in [3.05, 3.63) is 77.2 Å². The summed E-state index contributed by atoms with van der Waals surface area (Å²) in [7, 11) is 0. The van der Waals surface area contributed by atoms with Gasteiger partial charge in [0.1, 0.15) is 16.8 Å². The second kappa shape index (κ2) is 7.74. The highest BCUT2D eigenvalue weighted by atomic mass is 19.4. The molecule has 0 atom stereocenters. The summed E-state index contributed by atoms with van der Waals surface area (Å²) in [4.78, 5) is 8.01. The summed E-state index contributed by atoms with van der Waals surface area (Å²) in [6.45, 7) is 3.13. The van der Waals surface area contributed by atoms with Gasteiger partial charge in [-0.1, -0.05) is 12.1 Å². The van der Waals surface area contributed by atoms with E-state index in [1.165, 1.54) is 19.1 Å². The topological polar surface area (TPSA) is 72.3 Å². The molecule has 0 saturated heterocycles. The van der Waals surface area contributed by atoms with E-state index in [0.29, 0.717) is 11.1 Å². The van der Waals surface area contributed by atoms with Crippen LogP contribution in [0, 0.1) is 13.8 Å². The molecule has 0 aliphatic heterocycles. The van der Waals surface area contributed by atoms with Crippen LogP contribution in [-0.4, -0.2) is 27.4 Å². The Bertz CT molecular complexity index is 1580. The number of aromatic hydroxyl groups is 1. The number of aryl methyl sites for hydroxylation is 2. The number of hydrogen-bond donors (Lipinski definition) is 1. The minimum Gasteiger partial charge on any atom is -0.508 e. The van der Waals surface area contributed by atoms with Gasteiger partial charge in [0, 0.05) is 12.5 Å². The van der Waals surface area contributed by atoms with Crippen molar-refractivity contribution in [3.63, 3.8) is 0 Å². The zero-order valence-electron chi connectivity index (χ0n) is 18.6. The largest absolute Gasteiger partial charge is 0.508 e. The fraction of sp³-hybridized carbons (Fsp3) is 0.200. The van der Waals surface area contributed by atoms with Gasteiger partial charge in [-0.3, -0.25) is 0 Å². The van der Waals surface area contributed by atoms with Gasteiger partial charge >= 0.3 is 12.4 Å². The third-order valence-corrected chi connectivity index (χ3v) is 5.91. The first kappa shape index (κ1) is 23.7. The fourth-order valence-corrected chi connectivity index (χ4v) is 4.43. The number of fused-ring (bicyclic) bond motifs is 2. The third-order valence-electron chi connectivity index (χ3n) is 5.91. The fourth-order valence-electron chi connectivity index (χ4n) is 4.43. The van der Waals surface area contributed by atoms with E-state index >= 15 is 0 Å². The summed E-state index contributed by atoms with van der Waals surface area (Å²) < 4.78 is 98.2.